The molecule has 1 atom stereocenters. The summed E-state index contributed by atoms with van der Waals surface area (Å²) in [6.45, 7) is 0.755. The van der Waals surface area contributed by atoms with Gasteiger partial charge in [0.1, 0.15) is 0 Å². The third kappa shape index (κ3) is 6.55. The highest BCUT2D eigenvalue weighted by Crippen LogP contribution is 2.40. The molecular formula is C16H15Br2F2O4P. The maximum Gasteiger partial charge on any atom is 0.390 e. The number of rotatable bonds is 8. The molecule has 2 aromatic rings. The Bertz CT molecular complexity index is 741. The van der Waals surface area contributed by atoms with Crippen molar-refractivity contribution in [3.05, 3.63) is 68.1 Å². The average Bonchev–Trinajstić information content (AvgIpc) is 2.52. The summed E-state index contributed by atoms with van der Waals surface area (Å²) >= 11 is 6.40. The number of hydrogen-bond acceptors (Lipinski definition) is 3. The molecule has 0 spiro atoms. The van der Waals surface area contributed by atoms with Gasteiger partial charge >= 0.3 is 14.4 Å². The van der Waals surface area contributed by atoms with Crippen molar-refractivity contribution in [2.75, 3.05) is 6.61 Å². The normalized spacial score (nSPS) is 13.0. The van der Waals surface area contributed by atoms with Crippen LogP contribution in [0.15, 0.2) is 51.4 Å². The van der Waals surface area contributed by atoms with E-state index in [4.69, 9.17) is 9.63 Å². The molecule has 0 aliphatic rings. The molecule has 0 bridgehead atoms. The third-order valence-electron chi connectivity index (χ3n) is 3.28. The number of ether oxygens (including phenoxy) is 1. The van der Waals surface area contributed by atoms with Gasteiger partial charge in [-0.3, -0.25) is 4.57 Å². The van der Waals surface area contributed by atoms with Crippen LogP contribution in [0.1, 0.15) is 16.7 Å². The van der Waals surface area contributed by atoms with E-state index in [2.05, 4.69) is 36.4 Å². The van der Waals surface area contributed by atoms with E-state index >= 15 is 0 Å². The van der Waals surface area contributed by atoms with Crippen LogP contribution < -0.4 is 0 Å². The van der Waals surface area contributed by atoms with E-state index in [-0.39, 0.29) is 11.1 Å². The largest absolute Gasteiger partial charge is 0.390 e. The van der Waals surface area contributed by atoms with E-state index in [0.29, 0.717) is 12.2 Å². The Hall–Kier alpha value is -0.630. The molecule has 0 fully saturated rings. The van der Waals surface area contributed by atoms with Gasteiger partial charge in [0.2, 0.25) is 0 Å². The van der Waals surface area contributed by atoms with Crippen LogP contribution in [0.3, 0.4) is 0 Å². The van der Waals surface area contributed by atoms with Crippen LogP contribution in [0.2, 0.25) is 0 Å². The van der Waals surface area contributed by atoms with Crippen molar-refractivity contribution < 1.29 is 27.5 Å². The molecule has 25 heavy (non-hydrogen) atoms. The fourth-order valence-electron chi connectivity index (χ4n) is 2.08. The zero-order chi connectivity index (χ0) is 18.4. The molecule has 2 rings (SSSR count). The molecule has 2 aromatic carbocycles. The summed E-state index contributed by atoms with van der Waals surface area (Å²) in [6, 6.07) is 12.0. The molecule has 0 amide bonds. The van der Waals surface area contributed by atoms with Crippen molar-refractivity contribution in [2.45, 2.75) is 19.1 Å². The van der Waals surface area contributed by atoms with Gasteiger partial charge in [0.05, 0.1) is 18.8 Å². The van der Waals surface area contributed by atoms with Gasteiger partial charge in [0.25, 0.3) is 0 Å². The number of benzene rings is 2. The smallest absolute Gasteiger partial charge is 0.376 e. The minimum atomic E-state index is -3.84. The average molecular weight is 500 g/mol. The molecule has 0 aliphatic heterocycles. The lowest BCUT2D eigenvalue weighted by Gasteiger charge is -2.17. The van der Waals surface area contributed by atoms with Crippen LogP contribution in [-0.4, -0.2) is 11.5 Å². The molecule has 0 aliphatic carbocycles. The maximum atomic E-state index is 13.7. The van der Waals surface area contributed by atoms with E-state index in [0.717, 1.165) is 22.5 Å². The number of hydrogen-bond donors (Lipinski definition) is 1. The Morgan fingerprint density at radius 2 is 1.72 bits per heavy atom. The highest BCUT2D eigenvalue weighted by molar-refractivity contribution is 9.10. The second-order valence-electron chi connectivity index (χ2n) is 5.13. The summed E-state index contributed by atoms with van der Waals surface area (Å²) in [7, 11) is -3.76. The first-order valence-electron chi connectivity index (χ1n) is 7.19. The van der Waals surface area contributed by atoms with Crippen molar-refractivity contribution in [1.29, 1.82) is 0 Å². The maximum absolute atomic E-state index is 13.7. The van der Waals surface area contributed by atoms with Crippen LogP contribution in [0.5, 0.6) is 0 Å². The second kappa shape index (κ2) is 9.35. The molecule has 0 aromatic heterocycles. The zero-order valence-electron chi connectivity index (χ0n) is 12.8. The first-order valence-corrected chi connectivity index (χ1v) is 10.0. The van der Waals surface area contributed by atoms with E-state index < -0.39 is 19.9 Å². The molecule has 0 heterocycles. The minimum Gasteiger partial charge on any atom is -0.376 e. The lowest BCUT2D eigenvalue weighted by Crippen LogP contribution is -2.15. The van der Waals surface area contributed by atoms with E-state index in [1.807, 2.05) is 24.3 Å². The van der Waals surface area contributed by atoms with Gasteiger partial charge in [-0.1, -0.05) is 50.1 Å². The van der Waals surface area contributed by atoms with Gasteiger partial charge < -0.3 is 9.63 Å². The van der Waals surface area contributed by atoms with Gasteiger partial charge in [-0.05, 0) is 41.8 Å². The van der Waals surface area contributed by atoms with Crippen LogP contribution in [0.4, 0.5) is 8.78 Å². The van der Waals surface area contributed by atoms with Gasteiger partial charge in [-0.2, -0.15) is 8.78 Å². The molecule has 1 unspecified atom stereocenters. The number of alkyl halides is 2. The summed E-state index contributed by atoms with van der Waals surface area (Å²) in [6.07, 6.45) is -3.10. The summed E-state index contributed by atoms with van der Waals surface area (Å²) in [5.74, 6) is 0. The predicted molar refractivity (Wildman–Crippen MR) is 97.8 cm³/mol. The topological polar surface area (TPSA) is 55.8 Å². The third-order valence-corrected chi connectivity index (χ3v) is 4.90. The predicted octanol–water partition coefficient (Wildman–Crippen LogP) is 5.42. The molecule has 0 saturated heterocycles. The Balaban J connectivity index is 1.90. The lowest BCUT2D eigenvalue weighted by atomic mass is 10.1. The first-order chi connectivity index (χ1) is 11.8. The molecule has 0 saturated carbocycles. The molecule has 4 nitrogen and oxygen atoms in total. The Morgan fingerprint density at radius 1 is 1.08 bits per heavy atom. The van der Waals surface area contributed by atoms with Gasteiger partial charge in [-0.25, -0.2) is 4.52 Å². The Kier molecular flexibility index (Phi) is 7.73. The highest BCUT2D eigenvalue weighted by Gasteiger charge is 2.37. The molecule has 0 radical (unpaired) electrons. The molecule has 9 heteroatoms. The fourth-order valence-corrected chi connectivity index (χ4v) is 3.33. The SMILES string of the molecule is O=[PH](O)OC(F)(F)c1ccc(COCCc2ccc(Br)cc2)cc1Br. The Labute approximate surface area is 161 Å². The van der Waals surface area contributed by atoms with Crippen molar-refractivity contribution in [1.82, 2.24) is 0 Å². The zero-order valence-corrected chi connectivity index (χ0v) is 17.0. The van der Waals surface area contributed by atoms with Crippen LogP contribution in [-0.2, 0) is 33.0 Å². The molecular weight excluding hydrogens is 485 g/mol. The summed E-state index contributed by atoms with van der Waals surface area (Å²) in [5.41, 5.74) is 1.31. The van der Waals surface area contributed by atoms with E-state index in [1.54, 1.807) is 0 Å². The monoisotopic (exact) mass is 498 g/mol. The number of halogens is 4. The molecule has 1 N–H and O–H groups in total. The summed E-state index contributed by atoms with van der Waals surface area (Å²) < 4.78 is 48.4. The lowest BCUT2D eigenvalue weighted by molar-refractivity contribution is -0.186. The van der Waals surface area contributed by atoms with Gasteiger partial charge in [-0.15, -0.1) is 0 Å². The van der Waals surface area contributed by atoms with Crippen molar-refractivity contribution in [2.24, 2.45) is 0 Å². The minimum absolute atomic E-state index is 0.0785. The first kappa shape index (κ1) is 20.7. The van der Waals surface area contributed by atoms with Crippen LogP contribution in [0.25, 0.3) is 0 Å². The van der Waals surface area contributed by atoms with Crippen molar-refractivity contribution in [3.63, 3.8) is 0 Å². The summed E-state index contributed by atoms with van der Waals surface area (Å²) in [4.78, 5) is 8.55. The second-order valence-corrected chi connectivity index (χ2v) is 7.63. The van der Waals surface area contributed by atoms with E-state index in [9.17, 15) is 13.3 Å². The van der Waals surface area contributed by atoms with Crippen LogP contribution >= 0.6 is 40.1 Å². The Morgan fingerprint density at radius 3 is 2.32 bits per heavy atom. The fraction of sp³-hybridized carbons (Fsp3) is 0.250. The van der Waals surface area contributed by atoms with Crippen molar-refractivity contribution >= 4 is 40.1 Å². The van der Waals surface area contributed by atoms with Gasteiger partial charge in [0.15, 0.2) is 0 Å². The standard InChI is InChI=1S/C16H15Br2F2O4P/c17-13-4-1-11(2-5-13)7-8-23-10-12-3-6-14(15(18)9-12)16(19,20)24-25(21)22/h1-6,9,25H,7-8,10H2,(H,21,22). The summed E-state index contributed by atoms with van der Waals surface area (Å²) in [5, 5.41) is 0. The van der Waals surface area contributed by atoms with Crippen LogP contribution in [0, 0.1) is 0 Å². The highest BCUT2D eigenvalue weighted by atomic mass is 79.9. The van der Waals surface area contributed by atoms with Gasteiger partial charge in [0, 0.05) is 8.95 Å². The van der Waals surface area contributed by atoms with E-state index in [1.165, 1.54) is 12.1 Å². The molecule has 136 valence electrons. The quantitative estimate of drug-likeness (QED) is 0.389. The van der Waals surface area contributed by atoms with Crippen molar-refractivity contribution in [3.8, 4) is 0 Å².